The van der Waals surface area contributed by atoms with E-state index in [0.717, 1.165) is 18.8 Å². The number of hydrogen-bond acceptors (Lipinski definition) is 3. The summed E-state index contributed by atoms with van der Waals surface area (Å²) in [6.07, 6.45) is 0. The Morgan fingerprint density at radius 1 is 1.27 bits per heavy atom. The van der Waals surface area contributed by atoms with Crippen molar-refractivity contribution in [3.63, 3.8) is 0 Å². The molecule has 126 valence electrons. The molecule has 0 aliphatic rings. The number of benzene rings is 1. The van der Waals surface area contributed by atoms with Crippen LogP contribution in [0.5, 0.6) is 5.75 Å². The standard InChI is InChI=1S/C16H28N4O.HI/c1-6-20(7-2)16(17)18-12-15(19(3)4)13-9-8-10-14(11-13)21-5;/h8-11,15H,6-7,12H2,1-5H3,(H2,17,18);1H. The largest absolute Gasteiger partial charge is 0.497 e. The molecule has 0 fully saturated rings. The van der Waals surface area contributed by atoms with Gasteiger partial charge in [0.2, 0.25) is 0 Å². The van der Waals surface area contributed by atoms with Crippen LogP contribution in [-0.4, -0.2) is 56.6 Å². The van der Waals surface area contributed by atoms with Crippen molar-refractivity contribution in [2.45, 2.75) is 19.9 Å². The van der Waals surface area contributed by atoms with Gasteiger partial charge in [0.25, 0.3) is 0 Å². The fraction of sp³-hybridized carbons (Fsp3) is 0.562. The Balaban J connectivity index is 0.00000441. The molecule has 2 N–H and O–H groups in total. The molecule has 1 aromatic rings. The third-order valence-electron chi connectivity index (χ3n) is 3.62. The third kappa shape index (κ3) is 6.00. The van der Waals surface area contributed by atoms with E-state index in [1.807, 2.05) is 32.3 Å². The zero-order valence-electron chi connectivity index (χ0n) is 14.2. The molecule has 0 aliphatic carbocycles. The zero-order valence-corrected chi connectivity index (χ0v) is 16.6. The average Bonchev–Trinajstić information content (AvgIpc) is 2.48. The summed E-state index contributed by atoms with van der Waals surface area (Å²) in [5.74, 6) is 1.47. The smallest absolute Gasteiger partial charge is 0.191 e. The van der Waals surface area contributed by atoms with Gasteiger partial charge < -0.3 is 20.3 Å². The highest BCUT2D eigenvalue weighted by atomic mass is 127. The summed E-state index contributed by atoms with van der Waals surface area (Å²) in [7, 11) is 5.78. The van der Waals surface area contributed by atoms with Gasteiger partial charge in [0.1, 0.15) is 5.75 Å². The molecule has 1 atom stereocenters. The number of nitrogens with two attached hydrogens (primary N) is 1. The summed E-state index contributed by atoms with van der Waals surface area (Å²) in [6.45, 7) is 6.53. The summed E-state index contributed by atoms with van der Waals surface area (Å²) in [5.41, 5.74) is 7.23. The summed E-state index contributed by atoms with van der Waals surface area (Å²) in [6, 6.07) is 8.27. The highest BCUT2D eigenvalue weighted by molar-refractivity contribution is 14.0. The number of ether oxygens (including phenoxy) is 1. The van der Waals surface area contributed by atoms with Gasteiger partial charge >= 0.3 is 0 Å². The van der Waals surface area contributed by atoms with Gasteiger partial charge in [-0.2, -0.15) is 0 Å². The van der Waals surface area contributed by atoms with Crippen LogP contribution in [0.25, 0.3) is 0 Å². The van der Waals surface area contributed by atoms with E-state index in [2.05, 4.69) is 34.7 Å². The van der Waals surface area contributed by atoms with E-state index in [-0.39, 0.29) is 30.0 Å². The monoisotopic (exact) mass is 420 g/mol. The molecule has 0 aliphatic heterocycles. The van der Waals surface area contributed by atoms with Gasteiger partial charge in [-0.15, -0.1) is 24.0 Å². The topological polar surface area (TPSA) is 54.1 Å². The first-order valence-corrected chi connectivity index (χ1v) is 7.38. The second-order valence-electron chi connectivity index (χ2n) is 5.13. The maximum atomic E-state index is 6.05. The predicted molar refractivity (Wildman–Crippen MR) is 104 cm³/mol. The van der Waals surface area contributed by atoms with Gasteiger partial charge in [-0.1, -0.05) is 12.1 Å². The summed E-state index contributed by atoms with van der Waals surface area (Å²) in [4.78, 5) is 8.76. The third-order valence-corrected chi connectivity index (χ3v) is 3.62. The molecule has 1 unspecified atom stereocenters. The lowest BCUT2D eigenvalue weighted by molar-refractivity contribution is 0.304. The first kappa shape index (κ1) is 21.0. The minimum absolute atomic E-state index is 0. The van der Waals surface area contributed by atoms with Crippen molar-refractivity contribution in [2.75, 3.05) is 40.8 Å². The van der Waals surface area contributed by atoms with E-state index in [9.17, 15) is 0 Å². The van der Waals surface area contributed by atoms with Gasteiger partial charge in [0, 0.05) is 13.1 Å². The van der Waals surface area contributed by atoms with Crippen molar-refractivity contribution in [3.05, 3.63) is 29.8 Å². The predicted octanol–water partition coefficient (Wildman–Crippen LogP) is 2.57. The van der Waals surface area contributed by atoms with E-state index in [1.54, 1.807) is 7.11 Å². The minimum atomic E-state index is 0. The van der Waals surface area contributed by atoms with Crippen LogP contribution in [-0.2, 0) is 0 Å². The Bertz CT molecular complexity index is 461. The Labute approximate surface area is 151 Å². The van der Waals surface area contributed by atoms with Gasteiger partial charge in [-0.3, -0.25) is 4.99 Å². The van der Waals surface area contributed by atoms with E-state index in [1.165, 1.54) is 5.56 Å². The van der Waals surface area contributed by atoms with Crippen LogP contribution in [0.3, 0.4) is 0 Å². The second-order valence-corrected chi connectivity index (χ2v) is 5.13. The number of rotatable bonds is 7. The Hall–Kier alpha value is -1.02. The van der Waals surface area contributed by atoms with Crippen LogP contribution in [0.1, 0.15) is 25.5 Å². The summed E-state index contributed by atoms with van der Waals surface area (Å²) >= 11 is 0. The number of aliphatic imine (C=N–C) groups is 1. The first-order chi connectivity index (χ1) is 10.0. The van der Waals surface area contributed by atoms with Gasteiger partial charge in [-0.25, -0.2) is 0 Å². The molecule has 5 nitrogen and oxygen atoms in total. The molecular weight excluding hydrogens is 391 g/mol. The molecular formula is C16H29IN4O. The Morgan fingerprint density at radius 3 is 2.41 bits per heavy atom. The van der Waals surface area contributed by atoms with Gasteiger partial charge in [0.05, 0.1) is 19.7 Å². The van der Waals surface area contributed by atoms with Crippen LogP contribution < -0.4 is 10.5 Å². The number of likely N-dealkylation sites (N-methyl/N-ethyl adjacent to an activating group) is 1. The first-order valence-electron chi connectivity index (χ1n) is 7.38. The highest BCUT2D eigenvalue weighted by Crippen LogP contribution is 2.22. The van der Waals surface area contributed by atoms with Crippen LogP contribution in [0.15, 0.2) is 29.3 Å². The van der Waals surface area contributed by atoms with Gasteiger partial charge in [-0.05, 0) is 45.6 Å². The molecule has 0 saturated carbocycles. The molecule has 0 radical (unpaired) electrons. The van der Waals surface area contributed by atoms with Crippen LogP contribution >= 0.6 is 24.0 Å². The number of guanidine groups is 1. The average molecular weight is 420 g/mol. The van der Waals surface area contributed by atoms with E-state index in [4.69, 9.17) is 10.5 Å². The molecule has 1 aromatic carbocycles. The van der Waals surface area contributed by atoms with E-state index < -0.39 is 0 Å². The fourth-order valence-corrected chi connectivity index (χ4v) is 2.24. The maximum absolute atomic E-state index is 6.05. The lowest BCUT2D eigenvalue weighted by Gasteiger charge is -2.25. The quantitative estimate of drug-likeness (QED) is 0.419. The lowest BCUT2D eigenvalue weighted by atomic mass is 10.1. The molecule has 0 amide bonds. The number of methoxy groups -OCH3 is 1. The van der Waals surface area contributed by atoms with Crippen molar-refractivity contribution < 1.29 is 4.74 Å². The Morgan fingerprint density at radius 2 is 1.91 bits per heavy atom. The van der Waals surface area contributed by atoms with Crippen molar-refractivity contribution in [1.82, 2.24) is 9.80 Å². The number of nitrogens with zero attached hydrogens (tertiary/aromatic N) is 3. The minimum Gasteiger partial charge on any atom is -0.497 e. The highest BCUT2D eigenvalue weighted by Gasteiger charge is 2.15. The molecule has 0 bridgehead atoms. The van der Waals surface area contributed by atoms with Crippen LogP contribution in [0.4, 0.5) is 0 Å². The molecule has 22 heavy (non-hydrogen) atoms. The molecule has 6 heteroatoms. The van der Waals surface area contributed by atoms with E-state index in [0.29, 0.717) is 12.5 Å². The zero-order chi connectivity index (χ0) is 15.8. The van der Waals surface area contributed by atoms with Crippen molar-refractivity contribution >= 4 is 29.9 Å². The van der Waals surface area contributed by atoms with E-state index >= 15 is 0 Å². The van der Waals surface area contributed by atoms with Crippen molar-refractivity contribution in [1.29, 1.82) is 0 Å². The fourth-order valence-electron chi connectivity index (χ4n) is 2.24. The summed E-state index contributed by atoms with van der Waals surface area (Å²) < 4.78 is 5.30. The SMILES string of the molecule is CCN(CC)C(N)=NCC(c1cccc(OC)c1)N(C)C.I. The molecule has 0 heterocycles. The second kappa shape index (κ2) is 10.7. The molecule has 0 saturated heterocycles. The number of halogens is 1. The van der Waals surface area contributed by atoms with Crippen molar-refractivity contribution in [3.8, 4) is 5.75 Å². The van der Waals surface area contributed by atoms with Gasteiger partial charge in [0.15, 0.2) is 5.96 Å². The molecule has 1 rings (SSSR count). The van der Waals surface area contributed by atoms with Crippen LogP contribution in [0, 0.1) is 0 Å². The normalized spacial score (nSPS) is 12.7. The number of hydrogen-bond donors (Lipinski definition) is 1. The molecule has 0 spiro atoms. The lowest BCUT2D eigenvalue weighted by Crippen LogP contribution is -2.37. The maximum Gasteiger partial charge on any atom is 0.191 e. The Kier molecular flexibility index (Phi) is 10.2. The molecule has 0 aromatic heterocycles. The van der Waals surface area contributed by atoms with Crippen LogP contribution in [0.2, 0.25) is 0 Å². The summed E-state index contributed by atoms with van der Waals surface area (Å²) in [5, 5.41) is 0. The van der Waals surface area contributed by atoms with Crippen molar-refractivity contribution in [2.24, 2.45) is 10.7 Å².